The summed E-state index contributed by atoms with van der Waals surface area (Å²) in [5, 5.41) is 12.5. The first-order valence-corrected chi connectivity index (χ1v) is 9.41. The number of rotatable bonds is 6. The Balaban J connectivity index is 0.00000338. The van der Waals surface area contributed by atoms with Crippen LogP contribution in [-0.2, 0) is 11.3 Å². The lowest BCUT2D eigenvalue weighted by Crippen LogP contribution is -2.49. The number of nitrogens with one attached hydrogen (secondary N) is 3. The number of likely N-dealkylation sites (N-methyl/N-ethyl adjacent to an activating group) is 1. The van der Waals surface area contributed by atoms with Gasteiger partial charge in [0.1, 0.15) is 0 Å². The number of thiazole rings is 1. The average molecular weight is 495 g/mol. The van der Waals surface area contributed by atoms with E-state index in [2.05, 4.69) is 36.2 Å². The fraction of sp³-hybridized carbons (Fsp3) is 0.688. The minimum Gasteiger partial charge on any atom is -0.358 e. The van der Waals surface area contributed by atoms with Gasteiger partial charge in [-0.15, -0.1) is 35.3 Å². The van der Waals surface area contributed by atoms with Crippen LogP contribution in [0.5, 0.6) is 0 Å². The number of amides is 1. The minimum absolute atomic E-state index is 0. The Morgan fingerprint density at radius 1 is 1.42 bits per heavy atom. The molecular weight excluding hydrogens is 465 g/mol. The quantitative estimate of drug-likeness (QED) is 0.306. The molecule has 0 saturated carbocycles. The number of hydrogen-bond acceptors (Lipinski definition) is 6. The zero-order valence-electron chi connectivity index (χ0n) is 15.9. The van der Waals surface area contributed by atoms with Gasteiger partial charge in [0.15, 0.2) is 11.1 Å². The lowest BCUT2D eigenvalue weighted by Gasteiger charge is -2.32. The predicted molar refractivity (Wildman–Crippen MR) is 119 cm³/mol. The molecule has 0 atom stereocenters. The number of carbonyl (C=O) groups is 1. The number of hydrogen-bond donors (Lipinski definition) is 3. The van der Waals surface area contributed by atoms with Crippen LogP contribution in [0.25, 0.3) is 0 Å². The summed E-state index contributed by atoms with van der Waals surface area (Å²) < 4.78 is 0. The lowest BCUT2D eigenvalue weighted by atomic mass is 10.1. The Bertz CT molecular complexity index is 585. The van der Waals surface area contributed by atoms with E-state index >= 15 is 0 Å². The largest absolute Gasteiger partial charge is 0.358 e. The molecule has 10 heteroatoms. The van der Waals surface area contributed by atoms with Crippen LogP contribution in [0.15, 0.2) is 10.4 Å². The number of carbonyl (C=O) groups excluding carboxylic acids is 1. The van der Waals surface area contributed by atoms with Crippen molar-refractivity contribution in [2.45, 2.75) is 25.4 Å². The first-order valence-electron chi connectivity index (χ1n) is 8.53. The second kappa shape index (κ2) is 11.5. The maximum absolute atomic E-state index is 11.4. The second-order valence-electron chi connectivity index (χ2n) is 6.31. The Morgan fingerprint density at radius 3 is 2.65 bits per heavy atom. The molecule has 1 saturated heterocycles. The van der Waals surface area contributed by atoms with Gasteiger partial charge in [-0.2, -0.15) is 0 Å². The van der Waals surface area contributed by atoms with Crippen LogP contribution in [0.4, 0.5) is 5.13 Å². The maximum Gasteiger partial charge on any atom is 0.233 e. The van der Waals surface area contributed by atoms with E-state index in [1.807, 2.05) is 19.0 Å². The summed E-state index contributed by atoms with van der Waals surface area (Å²) in [4.78, 5) is 24.5. The smallest absolute Gasteiger partial charge is 0.233 e. The van der Waals surface area contributed by atoms with Crippen LogP contribution in [0.2, 0.25) is 0 Å². The molecule has 1 aromatic rings. The number of piperidine rings is 1. The van der Waals surface area contributed by atoms with Crippen molar-refractivity contribution in [3.05, 3.63) is 11.1 Å². The summed E-state index contributed by atoms with van der Waals surface area (Å²) in [6.07, 6.45) is 2.00. The first kappa shape index (κ1) is 22.9. The zero-order valence-corrected chi connectivity index (χ0v) is 19.1. The van der Waals surface area contributed by atoms with Crippen LogP contribution in [0.3, 0.4) is 0 Å². The molecule has 1 aromatic heterocycles. The zero-order chi connectivity index (χ0) is 18.2. The van der Waals surface area contributed by atoms with Gasteiger partial charge < -0.3 is 20.9 Å². The van der Waals surface area contributed by atoms with Crippen molar-refractivity contribution in [1.29, 1.82) is 0 Å². The van der Waals surface area contributed by atoms with Gasteiger partial charge in [0.25, 0.3) is 0 Å². The van der Waals surface area contributed by atoms with Crippen molar-refractivity contribution in [3.63, 3.8) is 0 Å². The Morgan fingerprint density at radius 2 is 2.12 bits per heavy atom. The van der Waals surface area contributed by atoms with Crippen LogP contribution >= 0.6 is 35.3 Å². The van der Waals surface area contributed by atoms with E-state index < -0.39 is 0 Å². The van der Waals surface area contributed by atoms with Gasteiger partial charge in [-0.25, -0.2) is 4.98 Å². The summed E-state index contributed by atoms with van der Waals surface area (Å²) >= 11 is 1.64. The highest BCUT2D eigenvalue weighted by Crippen LogP contribution is 2.17. The third-order valence-electron chi connectivity index (χ3n) is 4.16. The highest BCUT2D eigenvalue weighted by molar-refractivity contribution is 14.0. The molecule has 0 unspecified atom stereocenters. The second-order valence-corrected chi connectivity index (χ2v) is 7.15. The molecule has 1 aliphatic heterocycles. The summed E-state index contributed by atoms with van der Waals surface area (Å²) in [6.45, 7) is 2.97. The molecule has 148 valence electrons. The Labute approximate surface area is 176 Å². The molecule has 26 heavy (non-hydrogen) atoms. The fourth-order valence-electron chi connectivity index (χ4n) is 2.66. The van der Waals surface area contributed by atoms with Gasteiger partial charge in [-0.3, -0.25) is 14.7 Å². The number of aliphatic imine (C=N–C) groups is 1. The van der Waals surface area contributed by atoms with Gasteiger partial charge in [0.05, 0.1) is 18.8 Å². The molecule has 2 heterocycles. The van der Waals surface area contributed by atoms with Crippen molar-refractivity contribution in [3.8, 4) is 0 Å². The molecule has 3 N–H and O–H groups in total. The number of nitrogens with zero attached hydrogens (tertiary/aromatic N) is 4. The highest BCUT2D eigenvalue weighted by Gasteiger charge is 2.21. The van der Waals surface area contributed by atoms with Crippen molar-refractivity contribution >= 4 is 52.3 Å². The maximum atomic E-state index is 11.4. The average Bonchev–Trinajstić information content (AvgIpc) is 3.09. The molecule has 0 bridgehead atoms. The number of halogens is 1. The normalized spacial score (nSPS) is 15.9. The van der Waals surface area contributed by atoms with Gasteiger partial charge in [-0.05, 0) is 12.8 Å². The van der Waals surface area contributed by atoms with Gasteiger partial charge in [-0.1, -0.05) is 0 Å². The SMILES string of the molecule is CN=C(NCc1csc(N(C)C)n1)NC1CCN(CC(=O)NC)CC1.I. The fourth-order valence-corrected chi connectivity index (χ4v) is 3.42. The molecule has 1 amide bonds. The lowest BCUT2D eigenvalue weighted by molar-refractivity contribution is -0.122. The molecular formula is C16H30IN7OS. The van der Waals surface area contributed by atoms with E-state index in [9.17, 15) is 4.79 Å². The molecule has 0 radical (unpaired) electrons. The predicted octanol–water partition coefficient (Wildman–Crippen LogP) is 0.702. The van der Waals surface area contributed by atoms with E-state index in [0.29, 0.717) is 19.1 Å². The van der Waals surface area contributed by atoms with E-state index in [1.165, 1.54) is 0 Å². The highest BCUT2D eigenvalue weighted by atomic mass is 127. The van der Waals surface area contributed by atoms with Crippen molar-refractivity contribution in [2.75, 3.05) is 52.7 Å². The first-order chi connectivity index (χ1) is 12.0. The van der Waals surface area contributed by atoms with Crippen LogP contribution < -0.4 is 20.9 Å². The monoisotopic (exact) mass is 495 g/mol. The van der Waals surface area contributed by atoms with Crippen molar-refractivity contribution < 1.29 is 4.79 Å². The van der Waals surface area contributed by atoms with Gasteiger partial charge in [0.2, 0.25) is 5.91 Å². The number of anilines is 1. The molecule has 0 aliphatic carbocycles. The Hall–Kier alpha value is -1.14. The Kier molecular flexibility index (Phi) is 10.2. The number of guanidine groups is 1. The topological polar surface area (TPSA) is 84.9 Å². The van der Waals surface area contributed by atoms with Gasteiger partial charge in [0, 0.05) is 52.7 Å². The summed E-state index contributed by atoms with van der Waals surface area (Å²) in [6, 6.07) is 0.375. The van der Waals surface area contributed by atoms with E-state index in [1.54, 1.807) is 25.4 Å². The van der Waals surface area contributed by atoms with Crippen molar-refractivity contribution in [1.82, 2.24) is 25.8 Å². The number of likely N-dealkylation sites (tertiary alicyclic amines) is 1. The van der Waals surface area contributed by atoms with E-state index in [-0.39, 0.29) is 29.9 Å². The van der Waals surface area contributed by atoms with Gasteiger partial charge >= 0.3 is 0 Å². The third-order valence-corrected chi connectivity index (χ3v) is 5.21. The van der Waals surface area contributed by atoms with Crippen LogP contribution in [0, 0.1) is 0 Å². The summed E-state index contributed by atoms with van der Waals surface area (Å²) in [7, 11) is 7.44. The molecule has 0 spiro atoms. The summed E-state index contributed by atoms with van der Waals surface area (Å²) in [5.41, 5.74) is 1.01. The molecule has 8 nitrogen and oxygen atoms in total. The summed E-state index contributed by atoms with van der Waals surface area (Å²) in [5.74, 6) is 0.869. The molecule has 2 rings (SSSR count). The van der Waals surface area contributed by atoms with E-state index in [4.69, 9.17) is 0 Å². The van der Waals surface area contributed by atoms with Crippen molar-refractivity contribution in [2.24, 2.45) is 4.99 Å². The molecule has 1 aliphatic rings. The van der Waals surface area contributed by atoms with Crippen LogP contribution in [-0.4, -0.2) is 75.6 Å². The van der Waals surface area contributed by atoms with Crippen LogP contribution in [0.1, 0.15) is 18.5 Å². The minimum atomic E-state index is 0. The standard InChI is InChI=1S/C16H29N7OS.HI/c1-17-14(24)10-23-7-5-12(6-8-23)20-15(18-2)19-9-13-11-25-16(21-13)22(3)4;/h11-12H,5-10H2,1-4H3,(H,17,24)(H2,18,19,20);1H. The third kappa shape index (κ3) is 7.23. The molecule has 0 aromatic carbocycles. The number of aromatic nitrogens is 1. The van der Waals surface area contributed by atoms with E-state index in [0.717, 1.165) is 42.7 Å². The molecule has 1 fully saturated rings.